The molecule has 0 saturated carbocycles. The van der Waals surface area contributed by atoms with E-state index in [-0.39, 0.29) is 11.5 Å². The van der Waals surface area contributed by atoms with E-state index in [2.05, 4.69) is 15.5 Å². The summed E-state index contributed by atoms with van der Waals surface area (Å²) >= 11 is 2.74. The Hall–Kier alpha value is -2.89. The molecule has 0 fully saturated rings. The van der Waals surface area contributed by atoms with E-state index >= 15 is 0 Å². The lowest BCUT2D eigenvalue weighted by Crippen LogP contribution is -2.38. The molecule has 1 aliphatic rings. The number of hydrogen-bond donors (Lipinski definition) is 1. The Morgan fingerprint density at radius 3 is 2.61 bits per heavy atom. The summed E-state index contributed by atoms with van der Waals surface area (Å²) in [5.41, 5.74) is 1.04. The number of amides is 1. The van der Waals surface area contributed by atoms with E-state index in [9.17, 15) is 13.6 Å². The van der Waals surface area contributed by atoms with E-state index in [4.69, 9.17) is 5.10 Å². The fourth-order valence-electron chi connectivity index (χ4n) is 3.88. The second kappa shape index (κ2) is 11.4. The maximum Gasteiger partial charge on any atom is 0.230 e. The first-order valence-electron chi connectivity index (χ1n) is 11.6. The van der Waals surface area contributed by atoms with Gasteiger partial charge in [0.25, 0.3) is 0 Å². The number of anilines is 1. The molecule has 36 heavy (non-hydrogen) atoms. The minimum Gasteiger partial charge on any atom is -0.356 e. The van der Waals surface area contributed by atoms with Crippen LogP contribution < -0.4 is 10.3 Å². The van der Waals surface area contributed by atoms with Crippen molar-refractivity contribution in [2.75, 3.05) is 32.2 Å². The fraction of sp³-hybridized carbons (Fsp3) is 0.360. The van der Waals surface area contributed by atoms with E-state index in [1.165, 1.54) is 23.1 Å². The van der Waals surface area contributed by atoms with Gasteiger partial charge in [-0.2, -0.15) is 5.10 Å². The molecule has 1 aromatic heterocycles. The number of carbonyl (C=O) groups is 1. The second-order valence-corrected chi connectivity index (χ2v) is 11.1. The zero-order chi connectivity index (χ0) is 25.7. The number of hydrogen-bond acceptors (Lipinski definition) is 8. The van der Waals surface area contributed by atoms with Crippen molar-refractivity contribution >= 4 is 39.2 Å². The standard InChI is InChI=1S/C25H28F2N6OS2/c1-17-29-30-24(35-17)33-25(18-8-5-4-6-9-18,13-7-14-28-22(34)12-15-32(2)3)36-23(31-33)20-16-19(26)10-11-21(20)27/h4-6,8-11,16H,7,12-15H2,1-3H3,(H,28,34). The normalized spacial score (nSPS) is 17.5. The second-order valence-electron chi connectivity index (χ2n) is 8.70. The topological polar surface area (TPSA) is 73.7 Å². The zero-order valence-corrected chi connectivity index (χ0v) is 22.0. The van der Waals surface area contributed by atoms with Crippen molar-refractivity contribution in [3.63, 3.8) is 0 Å². The van der Waals surface area contributed by atoms with Gasteiger partial charge in [0.15, 0.2) is 0 Å². The monoisotopic (exact) mass is 530 g/mol. The minimum atomic E-state index is -0.782. The first kappa shape index (κ1) is 26.2. The number of aryl methyl sites for hydroxylation is 1. The minimum absolute atomic E-state index is 0.00749. The lowest BCUT2D eigenvalue weighted by Gasteiger charge is -2.35. The molecule has 1 atom stereocenters. The van der Waals surface area contributed by atoms with E-state index in [0.717, 1.165) is 28.8 Å². The molecule has 1 N–H and O–H groups in total. The predicted molar refractivity (Wildman–Crippen MR) is 141 cm³/mol. The van der Waals surface area contributed by atoms with Crippen LogP contribution in [0.1, 0.15) is 35.4 Å². The van der Waals surface area contributed by atoms with Gasteiger partial charge in [0.2, 0.25) is 11.0 Å². The highest BCUT2D eigenvalue weighted by Gasteiger charge is 2.47. The largest absolute Gasteiger partial charge is 0.356 e. The van der Waals surface area contributed by atoms with Crippen LogP contribution in [-0.4, -0.2) is 53.2 Å². The average Bonchev–Trinajstić information content (AvgIpc) is 3.47. The Bertz CT molecular complexity index is 1240. The van der Waals surface area contributed by atoms with Gasteiger partial charge in [-0.15, -0.1) is 10.2 Å². The Morgan fingerprint density at radius 1 is 1.14 bits per heavy atom. The fourth-order valence-corrected chi connectivity index (χ4v) is 6.08. The molecule has 0 radical (unpaired) electrons. The number of thioether (sulfide) groups is 1. The van der Waals surface area contributed by atoms with Crippen molar-refractivity contribution in [1.82, 2.24) is 20.4 Å². The quantitative estimate of drug-likeness (QED) is 0.382. The van der Waals surface area contributed by atoms with Crippen LogP contribution in [-0.2, 0) is 9.67 Å². The molecule has 190 valence electrons. The highest BCUT2D eigenvalue weighted by atomic mass is 32.2. The van der Waals surface area contributed by atoms with Crippen LogP contribution >= 0.6 is 23.1 Å². The van der Waals surface area contributed by atoms with Crippen LogP contribution in [0.2, 0.25) is 0 Å². The number of rotatable bonds is 10. The van der Waals surface area contributed by atoms with Crippen molar-refractivity contribution in [3.8, 4) is 0 Å². The summed E-state index contributed by atoms with van der Waals surface area (Å²) in [6.07, 6.45) is 1.63. The summed E-state index contributed by atoms with van der Waals surface area (Å²) in [6.45, 7) is 3.01. The molecule has 3 aromatic rings. The van der Waals surface area contributed by atoms with Crippen LogP contribution in [0, 0.1) is 18.6 Å². The van der Waals surface area contributed by atoms with Crippen molar-refractivity contribution in [1.29, 1.82) is 0 Å². The van der Waals surface area contributed by atoms with Crippen LogP contribution in [0.15, 0.2) is 53.6 Å². The molecule has 2 aromatic carbocycles. The molecule has 4 rings (SSSR count). The molecule has 7 nitrogen and oxygen atoms in total. The molecule has 11 heteroatoms. The number of nitrogens with zero attached hydrogens (tertiary/aromatic N) is 5. The van der Waals surface area contributed by atoms with Gasteiger partial charge in [-0.25, -0.2) is 13.8 Å². The lowest BCUT2D eigenvalue weighted by molar-refractivity contribution is -0.121. The van der Waals surface area contributed by atoms with Crippen LogP contribution in [0.25, 0.3) is 0 Å². The van der Waals surface area contributed by atoms with E-state index in [0.29, 0.717) is 42.5 Å². The van der Waals surface area contributed by atoms with Gasteiger partial charge in [-0.1, -0.05) is 53.4 Å². The van der Waals surface area contributed by atoms with Crippen molar-refractivity contribution in [2.45, 2.75) is 31.1 Å². The van der Waals surface area contributed by atoms with E-state index in [1.54, 1.807) is 5.01 Å². The molecule has 1 amide bonds. The van der Waals surface area contributed by atoms with Crippen LogP contribution in [0.4, 0.5) is 13.9 Å². The first-order chi connectivity index (χ1) is 17.3. The van der Waals surface area contributed by atoms with Crippen molar-refractivity contribution in [2.24, 2.45) is 5.10 Å². The molecular formula is C25H28F2N6OS2. The van der Waals surface area contributed by atoms with Gasteiger partial charge >= 0.3 is 0 Å². The summed E-state index contributed by atoms with van der Waals surface area (Å²) in [5, 5.41) is 19.7. The molecule has 1 unspecified atom stereocenters. The first-order valence-corrected chi connectivity index (χ1v) is 13.2. The van der Waals surface area contributed by atoms with Crippen LogP contribution in [0.3, 0.4) is 0 Å². The zero-order valence-electron chi connectivity index (χ0n) is 20.4. The third-order valence-corrected chi connectivity index (χ3v) is 7.94. The van der Waals surface area contributed by atoms with Gasteiger partial charge in [0, 0.05) is 25.1 Å². The molecule has 1 aliphatic heterocycles. The summed E-state index contributed by atoms with van der Waals surface area (Å²) in [7, 11) is 3.86. The number of nitrogens with one attached hydrogen (secondary N) is 1. The Balaban J connectivity index is 1.66. The number of benzene rings is 2. The SMILES string of the molecule is Cc1nnc(N2N=C(c3cc(F)ccc3F)SC2(CCCNC(=O)CCN(C)C)c2ccccc2)s1. The Morgan fingerprint density at radius 2 is 1.92 bits per heavy atom. The summed E-state index contributed by atoms with van der Waals surface area (Å²) < 4.78 is 28.8. The summed E-state index contributed by atoms with van der Waals surface area (Å²) in [5.74, 6) is -1.09. The molecular weight excluding hydrogens is 502 g/mol. The van der Waals surface area contributed by atoms with Crippen molar-refractivity contribution < 1.29 is 13.6 Å². The van der Waals surface area contributed by atoms with E-state index < -0.39 is 16.5 Å². The number of carbonyl (C=O) groups excluding carboxylic acids is 1. The lowest BCUT2D eigenvalue weighted by atomic mass is 10.0. The maximum absolute atomic E-state index is 14.8. The van der Waals surface area contributed by atoms with Gasteiger partial charge in [0.1, 0.15) is 26.6 Å². The van der Waals surface area contributed by atoms with Gasteiger partial charge in [-0.05, 0) is 57.6 Å². The third-order valence-electron chi connectivity index (χ3n) is 5.68. The highest BCUT2D eigenvalue weighted by molar-refractivity contribution is 8.15. The average molecular weight is 531 g/mol. The van der Waals surface area contributed by atoms with Gasteiger partial charge in [0.05, 0.1) is 0 Å². The number of hydrazone groups is 1. The maximum atomic E-state index is 14.8. The molecule has 2 heterocycles. The summed E-state index contributed by atoms with van der Waals surface area (Å²) in [4.78, 5) is 13.4. The Labute approximate surface area is 217 Å². The number of aromatic nitrogens is 2. The number of halogens is 2. The molecule has 0 saturated heterocycles. The van der Waals surface area contributed by atoms with Crippen LogP contribution in [0.5, 0.6) is 0 Å². The van der Waals surface area contributed by atoms with Gasteiger partial charge < -0.3 is 10.2 Å². The predicted octanol–water partition coefficient (Wildman–Crippen LogP) is 4.74. The molecule has 0 spiro atoms. The molecule has 0 bridgehead atoms. The smallest absolute Gasteiger partial charge is 0.230 e. The summed E-state index contributed by atoms with van der Waals surface area (Å²) in [6, 6.07) is 13.1. The van der Waals surface area contributed by atoms with E-state index in [1.807, 2.05) is 56.3 Å². The highest BCUT2D eigenvalue weighted by Crippen LogP contribution is 2.52. The third kappa shape index (κ3) is 5.91. The molecule has 0 aliphatic carbocycles. The van der Waals surface area contributed by atoms with Gasteiger partial charge in [-0.3, -0.25) is 4.79 Å². The Kier molecular flexibility index (Phi) is 8.32. The van der Waals surface area contributed by atoms with Crippen molar-refractivity contribution in [3.05, 3.63) is 76.3 Å².